The third kappa shape index (κ3) is 3.88. The summed E-state index contributed by atoms with van der Waals surface area (Å²) in [6, 6.07) is 9.27. The van der Waals surface area contributed by atoms with Gasteiger partial charge >= 0.3 is 5.97 Å². The molecule has 0 aliphatic carbocycles. The number of aryl methyl sites for hydroxylation is 1. The Hall–Kier alpha value is -2.48. The van der Waals surface area contributed by atoms with Crippen LogP contribution in [0.3, 0.4) is 0 Å². The molecule has 124 valence electrons. The molecule has 3 aromatic rings. The topological polar surface area (TPSA) is 93.9 Å². The van der Waals surface area contributed by atoms with Crippen molar-refractivity contribution in [2.75, 3.05) is 0 Å². The van der Waals surface area contributed by atoms with Gasteiger partial charge in [-0.05, 0) is 24.6 Å². The predicted molar refractivity (Wildman–Crippen MR) is 89.1 cm³/mol. The van der Waals surface area contributed by atoms with Crippen LogP contribution < -0.4 is 0 Å². The molecule has 0 spiro atoms. The first-order chi connectivity index (χ1) is 11.7. The Morgan fingerprint density at radius 2 is 2.12 bits per heavy atom. The quantitative estimate of drug-likeness (QED) is 0.646. The van der Waals surface area contributed by atoms with Gasteiger partial charge in [-0.15, -0.1) is 0 Å². The van der Waals surface area contributed by atoms with Gasteiger partial charge in [0, 0.05) is 16.5 Å². The molecular weight excluding hydrogens is 376 g/mol. The highest BCUT2D eigenvalue weighted by molar-refractivity contribution is 9.10. The van der Waals surface area contributed by atoms with Gasteiger partial charge in [-0.1, -0.05) is 40.1 Å². The number of nitrogens with one attached hydrogen (secondary N) is 1. The van der Waals surface area contributed by atoms with E-state index in [9.17, 15) is 4.79 Å². The summed E-state index contributed by atoms with van der Waals surface area (Å²) in [5.41, 5.74) is 1.83. The number of carbonyl (C=O) groups excluding carboxylic acids is 1. The Morgan fingerprint density at radius 1 is 1.33 bits per heavy atom. The maximum absolute atomic E-state index is 12.1. The van der Waals surface area contributed by atoms with E-state index in [0.717, 1.165) is 22.9 Å². The molecule has 0 aliphatic rings. The van der Waals surface area contributed by atoms with Crippen molar-refractivity contribution in [3.05, 3.63) is 52.2 Å². The molecular formula is C16H15BrN4O3. The van der Waals surface area contributed by atoms with E-state index in [0.29, 0.717) is 11.5 Å². The molecule has 0 atom stereocenters. The van der Waals surface area contributed by atoms with E-state index in [1.807, 2.05) is 31.2 Å². The lowest BCUT2D eigenvalue weighted by Gasteiger charge is -1.98. The highest BCUT2D eigenvalue weighted by Gasteiger charge is 2.14. The normalized spacial score (nSPS) is 10.8. The van der Waals surface area contributed by atoms with Crippen LogP contribution in [-0.4, -0.2) is 26.3 Å². The predicted octanol–water partition coefficient (Wildman–Crippen LogP) is 3.53. The minimum absolute atomic E-state index is 0.0673. The number of aromatic nitrogens is 4. The van der Waals surface area contributed by atoms with E-state index in [1.165, 1.54) is 0 Å². The maximum atomic E-state index is 12.1. The minimum Gasteiger partial charge on any atom is -0.451 e. The second kappa shape index (κ2) is 7.39. The number of hydrogen-bond donors (Lipinski definition) is 1. The molecule has 1 aromatic carbocycles. The molecule has 0 saturated heterocycles. The van der Waals surface area contributed by atoms with Crippen LogP contribution in [0.15, 0.2) is 39.3 Å². The molecule has 0 radical (unpaired) electrons. The molecule has 7 nitrogen and oxygen atoms in total. The Kier molecular flexibility index (Phi) is 5.05. The van der Waals surface area contributed by atoms with E-state index in [1.54, 1.807) is 6.07 Å². The first kappa shape index (κ1) is 16.4. The zero-order valence-corrected chi connectivity index (χ0v) is 14.5. The summed E-state index contributed by atoms with van der Waals surface area (Å²) >= 11 is 3.38. The molecule has 0 unspecified atom stereocenters. The number of halogens is 1. The highest BCUT2D eigenvalue weighted by Crippen LogP contribution is 2.20. The van der Waals surface area contributed by atoms with E-state index < -0.39 is 5.97 Å². The third-order valence-electron chi connectivity index (χ3n) is 3.25. The van der Waals surface area contributed by atoms with Crippen molar-refractivity contribution in [2.24, 2.45) is 0 Å². The van der Waals surface area contributed by atoms with Crippen LogP contribution in [0.25, 0.3) is 11.3 Å². The molecule has 24 heavy (non-hydrogen) atoms. The van der Waals surface area contributed by atoms with Crippen LogP contribution in [0.4, 0.5) is 0 Å². The number of carbonyl (C=O) groups is 1. The molecule has 0 amide bonds. The third-order valence-corrected chi connectivity index (χ3v) is 3.78. The van der Waals surface area contributed by atoms with Gasteiger partial charge < -0.3 is 9.26 Å². The van der Waals surface area contributed by atoms with E-state index in [4.69, 9.17) is 9.26 Å². The molecule has 0 bridgehead atoms. The van der Waals surface area contributed by atoms with Gasteiger partial charge in [-0.2, -0.15) is 10.1 Å². The van der Waals surface area contributed by atoms with Gasteiger partial charge in [0.2, 0.25) is 0 Å². The summed E-state index contributed by atoms with van der Waals surface area (Å²) in [5, 5.41) is 10.6. The smallest absolute Gasteiger partial charge is 0.356 e. The highest BCUT2D eigenvalue weighted by atomic mass is 79.9. The van der Waals surface area contributed by atoms with Crippen molar-refractivity contribution in [1.82, 2.24) is 20.3 Å². The molecule has 0 aliphatic heterocycles. The zero-order valence-electron chi connectivity index (χ0n) is 13.0. The number of H-pyrrole nitrogens is 1. The Labute approximate surface area is 146 Å². The Morgan fingerprint density at radius 3 is 2.88 bits per heavy atom. The lowest BCUT2D eigenvalue weighted by molar-refractivity contribution is 0.0423. The fraction of sp³-hybridized carbons (Fsp3) is 0.250. The number of rotatable bonds is 6. The van der Waals surface area contributed by atoms with Crippen molar-refractivity contribution in [3.63, 3.8) is 0 Å². The van der Waals surface area contributed by atoms with Gasteiger partial charge in [0.1, 0.15) is 5.69 Å². The fourth-order valence-corrected chi connectivity index (χ4v) is 2.34. The van der Waals surface area contributed by atoms with Gasteiger partial charge in [-0.25, -0.2) is 4.79 Å². The van der Waals surface area contributed by atoms with E-state index in [-0.39, 0.29) is 18.2 Å². The molecule has 2 aromatic heterocycles. The second-order valence-electron chi connectivity index (χ2n) is 5.10. The molecule has 0 saturated carbocycles. The minimum atomic E-state index is -0.527. The number of ether oxygens (including phenoxy) is 1. The van der Waals surface area contributed by atoms with Crippen LogP contribution >= 0.6 is 15.9 Å². The SMILES string of the molecule is CCCc1noc(COC(=O)c2cc(-c3ccc(Br)cc3)n[nH]2)n1. The van der Waals surface area contributed by atoms with Crippen molar-refractivity contribution in [3.8, 4) is 11.3 Å². The maximum Gasteiger partial charge on any atom is 0.356 e. The zero-order chi connectivity index (χ0) is 16.9. The van der Waals surface area contributed by atoms with Crippen LogP contribution in [0.1, 0.15) is 35.5 Å². The van der Waals surface area contributed by atoms with Crippen molar-refractivity contribution in [1.29, 1.82) is 0 Å². The van der Waals surface area contributed by atoms with Gasteiger partial charge in [0.25, 0.3) is 5.89 Å². The van der Waals surface area contributed by atoms with E-state index >= 15 is 0 Å². The second-order valence-corrected chi connectivity index (χ2v) is 6.02. The summed E-state index contributed by atoms with van der Waals surface area (Å²) in [6.07, 6.45) is 1.65. The molecule has 1 N–H and O–H groups in total. The summed E-state index contributed by atoms with van der Waals surface area (Å²) < 4.78 is 11.2. The van der Waals surface area contributed by atoms with Gasteiger partial charge in [0.05, 0.1) is 5.69 Å². The summed E-state index contributed by atoms with van der Waals surface area (Å²) in [6.45, 7) is 1.96. The molecule has 2 heterocycles. The fourth-order valence-electron chi connectivity index (χ4n) is 2.07. The average molecular weight is 391 g/mol. The number of nitrogens with zero attached hydrogens (tertiary/aromatic N) is 3. The van der Waals surface area contributed by atoms with Crippen molar-refractivity contribution in [2.45, 2.75) is 26.4 Å². The summed E-state index contributed by atoms with van der Waals surface area (Å²) in [7, 11) is 0. The van der Waals surface area contributed by atoms with E-state index in [2.05, 4.69) is 36.3 Å². The number of aromatic amines is 1. The Bertz CT molecular complexity index is 826. The van der Waals surface area contributed by atoms with Crippen LogP contribution in [0.5, 0.6) is 0 Å². The van der Waals surface area contributed by atoms with Crippen LogP contribution in [0.2, 0.25) is 0 Å². The number of esters is 1. The van der Waals surface area contributed by atoms with Crippen LogP contribution in [-0.2, 0) is 17.8 Å². The van der Waals surface area contributed by atoms with Crippen LogP contribution in [0, 0.1) is 0 Å². The molecule has 0 fully saturated rings. The first-order valence-electron chi connectivity index (χ1n) is 7.45. The number of hydrogen-bond acceptors (Lipinski definition) is 6. The standard InChI is InChI=1S/C16H15BrN4O3/c1-2-3-14-18-15(24-21-14)9-23-16(22)13-8-12(19-20-13)10-4-6-11(17)7-5-10/h4-8H,2-3,9H2,1H3,(H,19,20). The Balaban J connectivity index is 1.62. The monoisotopic (exact) mass is 390 g/mol. The molecule has 3 rings (SSSR count). The largest absolute Gasteiger partial charge is 0.451 e. The lowest BCUT2D eigenvalue weighted by atomic mass is 10.1. The lowest BCUT2D eigenvalue weighted by Crippen LogP contribution is -2.06. The summed E-state index contributed by atoms with van der Waals surface area (Å²) in [4.78, 5) is 16.2. The van der Waals surface area contributed by atoms with Crippen molar-refractivity contribution < 1.29 is 14.1 Å². The van der Waals surface area contributed by atoms with Crippen molar-refractivity contribution >= 4 is 21.9 Å². The average Bonchev–Trinajstić information content (AvgIpc) is 3.23. The van der Waals surface area contributed by atoms with Gasteiger partial charge in [-0.3, -0.25) is 5.10 Å². The summed E-state index contributed by atoms with van der Waals surface area (Å²) in [5.74, 6) is 0.364. The first-order valence-corrected chi connectivity index (χ1v) is 8.25. The molecule has 8 heteroatoms. The van der Waals surface area contributed by atoms with Gasteiger partial charge in [0.15, 0.2) is 12.4 Å². The number of benzene rings is 1.